The maximum Gasteiger partial charge on any atom is 0.163 e. The third-order valence-electron chi connectivity index (χ3n) is 2.42. The van der Waals surface area contributed by atoms with Crippen LogP contribution < -0.4 is 0 Å². The van der Waals surface area contributed by atoms with Gasteiger partial charge in [0.2, 0.25) is 0 Å². The van der Waals surface area contributed by atoms with Crippen molar-refractivity contribution in [3.05, 3.63) is 35.4 Å². The topological polar surface area (TPSA) is 17.1 Å². The van der Waals surface area contributed by atoms with Gasteiger partial charge in [0.25, 0.3) is 0 Å². The zero-order valence-electron chi connectivity index (χ0n) is 8.89. The second-order valence-corrected chi connectivity index (χ2v) is 3.80. The standard InChI is InChI=1S/C12H14F2O/c1-3-8(2)4-12(15)9-5-10(13)7-11(14)6-9/h5-8H,3-4H2,1-2H3. The van der Waals surface area contributed by atoms with Crippen LogP contribution in [0.5, 0.6) is 0 Å². The summed E-state index contributed by atoms with van der Waals surface area (Å²) in [6, 6.07) is 2.92. The molecule has 3 heteroatoms. The molecule has 1 rings (SSSR count). The lowest BCUT2D eigenvalue weighted by molar-refractivity contribution is 0.0962. The molecule has 0 bridgehead atoms. The minimum atomic E-state index is -0.706. The second-order valence-electron chi connectivity index (χ2n) is 3.80. The van der Waals surface area contributed by atoms with Crippen molar-refractivity contribution in [3.8, 4) is 0 Å². The van der Waals surface area contributed by atoms with Crippen LogP contribution in [0.25, 0.3) is 0 Å². The molecule has 0 aliphatic heterocycles. The molecule has 0 aliphatic rings. The summed E-state index contributed by atoms with van der Waals surface area (Å²) >= 11 is 0. The third-order valence-corrected chi connectivity index (χ3v) is 2.42. The van der Waals surface area contributed by atoms with Crippen LogP contribution in [-0.2, 0) is 0 Å². The van der Waals surface area contributed by atoms with Crippen LogP contribution in [0.2, 0.25) is 0 Å². The summed E-state index contributed by atoms with van der Waals surface area (Å²) in [5, 5.41) is 0. The van der Waals surface area contributed by atoms with Gasteiger partial charge < -0.3 is 0 Å². The number of halogens is 2. The van der Waals surface area contributed by atoms with Crippen molar-refractivity contribution < 1.29 is 13.6 Å². The van der Waals surface area contributed by atoms with Crippen LogP contribution in [0, 0.1) is 17.6 Å². The summed E-state index contributed by atoms with van der Waals surface area (Å²) in [5.41, 5.74) is 0.118. The molecule has 0 heterocycles. The fraction of sp³-hybridized carbons (Fsp3) is 0.417. The zero-order valence-corrected chi connectivity index (χ0v) is 8.89. The number of carbonyl (C=O) groups excluding carboxylic acids is 1. The van der Waals surface area contributed by atoms with Crippen molar-refractivity contribution in [1.29, 1.82) is 0 Å². The second kappa shape index (κ2) is 5.01. The summed E-state index contributed by atoms with van der Waals surface area (Å²) in [5.74, 6) is -1.38. The highest BCUT2D eigenvalue weighted by Crippen LogP contribution is 2.14. The van der Waals surface area contributed by atoms with Gasteiger partial charge >= 0.3 is 0 Å². The van der Waals surface area contributed by atoms with Gasteiger partial charge in [0.1, 0.15) is 11.6 Å². The first-order valence-electron chi connectivity index (χ1n) is 5.02. The van der Waals surface area contributed by atoms with Gasteiger partial charge in [-0.3, -0.25) is 4.79 Å². The zero-order chi connectivity index (χ0) is 11.4. The van der Waals surface area contributed by atoms with E-state index in [1.807, 2.05) is 13.8 Å². The molecule has 1 aromatic carbocycles. The van der Waals surface area contributed by atoms with Crippen molar-refractivity contribution in [2.75, 3.05) is 0 Å². The van der Waals surface area contributed by atoms with E-state index in [0.29, 0.717) is 6.42 Å². The average molecular weight is 212 g/mol. The van der Waals surface area contributed by atoms with Crippen molar-refractivity contribution in [2.24, 2.45) is 5.92 Å². The van der Waals surface area contributed by atoms with E-state index in [2.05, 4.69) is 0 Å². The Morgan fingerprint density at radius 1 is 1.27 bits per heavy atom. The molecule has 0 saturated heterocycles. The van der Waals surface area contributed by atoms with Crippen LogP contribution in [0.15, 0.2) is 18.2 Å². The molecule has 82 valence electrons. The number of hydrogen-bond donors (Lipinski definition) is 0. The maximum absolute atomic E-state index is 12.8. The van der Waals surface area contributed by atoms with Gasteiger partial charge in [0.15, 0.2) is 5.78 Å². The number of rotatable bonds is 4. The van der Waals surface area contributed by atoms with Gasteiger partial charge in [-0.15, -0.1) is 0 Å². The molecular weight excluding hydrogens is 198 g/mol. The highest BCUT2D eigenvalue weighted by atomic mass is 19.1. The summed E-state index contributed by atoms with van der Waals surface area (Å²) in [7, 11) is 0. The van der Waals surface area contributed by atoms with E-state index in [-0.39, 0.29) is 17.3 Å². The largest absolute Gasteiger partial charge is 0.294 e. The molecule has 15 heavy (non-hydrogen) atoms. The lowest BCUT2D eigenvalue weighted by atomic mass is 9.98. The van der Waals surface area contributed by atoms with Crippen molar-refractivity contribution in [2.45, 2.75) is 26.7 Å². The fourth-order valence-electron chi connectivity index (χ4n) is 1.29. The van der Waals surface area contributed by atoms with Gasteiger partial charge in [-0.25, -0.2) is 8.78 Å². The van der Waals surface area contributed by atoms with Gasteiger partial charge in [-0.1, -0.05) is 20.3 Å². The lowest BCUT2D eigenvalue weighted by Crippen LogP contribution is -2.06. The smallest absolute Gasteiger partial charge is 0.163 e. The minimum absolute atomic E-state index is 0.118. The molecule has 1 aromatic rings. The molecule has 0 N–H and O–H groups in total. The molecule has 0 aromatic heterocycles. The number of carbonyl (C=O) groups is 1. The Balaban J connectivity index is 2.82. The summed E-state index contributed by atoms with van der Waals surface area (Å²) < 4.78 is 25.6. The molecule has 0 saturated carbocycles. The lowest BCUT2D eigenvalue weighted by Gasteiger charge is -2.07. The summed E-state index contributed by atoms with van der Waals surface area (Å²) in [6.45, 7) is 3.91. The molecular formula is C12H14F2O. The predicted octanol–water partition coefficient (Wildman–Crippen LogP) is 3.58. The Morgan fingerprint density at radius 2 is 1.80 bits per heavy atom. The van der Waals surface area contributed by atoms with Crippen molar-refractivity contribution in [3.63, 3.8) is 0 Å². The first kappa shape index (κ1) is 11.8. The van der Waals surface area contributed by atoms with E-state index in [1.165, 1.54) is 0 Å². The first-order valence-corrected chi connectivity index (χ1v) is 5.02. The van der Waals surface area contributed by atoms with E-state index in [4.69, 9.17) is 0 Å². The Kier molecular flexibility index (Phi) is 3.95. The van der Waals surface area contributed by atoms with Crippen LogP contribution in [0.1, 0.15) is 37.0 Å². The molecule has 0 amide bonds. The normalized spacial score (nSPS) is 12.5. The van der Waals surface area contributed by atoms with Gasteiger partial charge in [0.05, 0.1) is 0 Å². The van der Waals surface area contributed by atoms with E-state index in [1.54, 1.807) is 0 Å². The Morgan fingerprint density at radius 3 is 2.27 bits per heavy atom. The van der Waals surface area contributed by atoms with E-state index >= 15 is 0 Å². The fourth-order valence-corrected chi connectivity index (χ4v) is 1.29. The maximum atomic E-state index is 12.8. The highest BCUT2D eigenvalue weighted by Gasteiger charge is 2.12. The van der Waals surface area contributed by atoms with Crippen LogP contribution in [-0.4, -0.2) is 5.78 Å². The Hall–Kier alpha value is -1.25. The molecule has 0 aliphatic carbocycles. The molecule has 1 nitrogen and oxygen atoms in total. The summed E-state index contributed by atoms with van der Waals surface area (Å²) in [4.78, 5) is 11.6. The molecule has 1 atom stereocenters. The molecule has 0 fully saturated rings. The number of ketones is 1. The molecule has 1 unspecified atom stereocenters. The quantitative estimate of drug-likeness (QED) is 0.697. The van der Waals surface area contributed by atoms with Crippen LogP contribution in [0.3, 0.4) is 0 Å². The first-order chi connectivity index (χ1) is 7.02. The minimum Gasteiger partial charge on any atom is -0.294 e. The van der Waals surface area contributed by atoms with E-state index in [9.17, 15) is 13.6 Å². The van der Waals surface area contributed by atoms with E-state index < -0.39 is 11.6 Å². The number of hydrogen-bond acceptors (Lipinski definition) is 1. The van der Waals surface area contributed by atoms with E-state index in [0.717, 1.165) is 24.6 Å². The monoisotopic (exact) mass is 212 g/mol. The SMILES string of the molecule is CCC(C)CC(=O)c1cc(F)cc(F)c1. The molecule has 0 spiro atoms. The van der Waals surface area contributed by atoms with Crippen LogP contribution in [0.4, 0.5) is 8.78 Å². The highest BCUT2D eigenvalue weighted by molar-refractivity contribution is 5.96. The Labute approximate surface area is 88.1 Å². The predicted molar refractivity (Wildman–Crippen MR) is 54.8 cm³/mol. The van der Waals surface area contributed by atoms with Crippen LogP contribution >= 0.6 is 0 Å². The van der Waals surface area contributed by atoms with Crippen molar-refractivity contribution in [1.82, 2.24) is 0 Å². The number of benzene rings is 1. The number of Topliss-reactive ketones (excluding diaryl/α,β-unsaturated/α-hetero) is 1. The van der Waals surface area contributed by atoms with Gasteiger partial charge in [-0.2, -0.15) is 0 Å². The van der Waals surface area contributed by atoms with Gasteiger partial charge in [0, 0.05) is 18.1 Å². The van der Waals surface area contributed by atoms with Gasteiger partial charge in [-0.05, 0) is 18.1 Å². The third kappa shape index (κ3) is 3.42. The Bertz CT molecular complexity index is 340. The summed E-state index contributed by atoms with van der Waals surface area (Å²) in [6.07, 6.45) is 1.21. The molecule has 0 radical (unpaired) electrons. The average Bonchev–Trinajstić information content (AvgIpc) is 2.16. The van der Waals surface area contributed by atoms with Crippen molar-refractivity contribution >= 4 is 5.78 Å².